The van der Waals surface area contributed by atoms with Crippen molar-refractivity contribution < 1.29 is 9.18 Å². The van der Waals surface area contributed by atoms with Crippen LogP contribution < -0.4 is 11.1 Å². The number of amides is 1. The van der Waals surface area contributed by atoms with Crippen molar-refractivity contribution in [2.24, 2.45) is 0 Å². The van der Waals surface area contributed by atoms with Crippen molar-refractivity contribution in [1.82, 2.24) is 0 Å². The van der Waals surface area contributed by atoms with Crippen LogP contribution in [0.3, 0.4) is 0 Å². The molecule has 0 aliphatic heterocycles. The van der Waals surface area contributed by atoms with Crippen molar-refractivity contribution in [3.63, 3.8) is 0 Å². The van der Waals surface area contributed by atoms with Gasteiger partial charge in [-0.15, -0.1) is 0 Å². The summed E-state index contributed by atoms with van der Waals surface area (Å²) >= 11 is 3.15. The van der Waals surface area contributed by atoms with Gasteiger partial charge in [0.2, 0.25) is 0 Å². The van der Waals surface area contributed by atoms with Crippen LogP contribution in [0.1, 0.15) is 15.9 Å². The van der Waals surface area contributed by atoms with E-state index in [2.05, 4.69) is 21.2 Å². The molecule has 98 valence electrons. The summed E-state index contributed by atoms with van der Waals surface area (Å²) in [4.78, 5) is 12.1. The lowest BCUT2D eigenvalue weighted by Gasteiger charge is -2.08. The lowest BCUT2D eigenvalue weighted by atomic mass is 10.1. The topological polar surface area (TPSA) is 55.1 Å². The van der Waals surface area contributed by atoms with E-state index in [1.54, 1.807) is 12.1 Å². The Balaban J connectivity index is 2.25. The standard InChI is InChI=1S/C14H12BrFN2O/c1-8-2-4-9(5-3-8)18-14(19)10-6-13(17)12(16)7-11(10)15/h2-7H,17H2,1H3,(H,18,19). The third-order valence-electron chi connectivity index (χ3n) is 2.64. The van der Waals surface area contributed by atoms with E-state index in [1.807, 2.05) is 19.1 Å². The minimum Gasteiger partial charge on any atom is -0.396 e. The van der Waals surface area contributed by atoms with Crippen molar-refractivity contribution in [2.45, 2.75) is 6.92 Å². The fraction of sp³-hybridized carbons (Fsp3) is 0.0714. The lowest BCUT2D eigenvalue weighted by Crippen LogP contribution is -2.13. The number of benzene rings is 2. The summed E-state index contributed by atoms with van der Waals surface area (Å²) in [6, 6.07) is 9.87. The highest BCUT2D eigenvalue weighted by atomic mass is 79.9. The van der Waals surface area contributed by atoms with Crippen molar-refractivity contribution >= 4 is 33.2 Å². The SMILES string of the molecule is Cc1ccc(NC(=O)c2cc(N)c(F)cc2Br)cc1. The van der Waals surface area contributed by atoms with Crippen LogP contribution in [0.5, 0.6) is 0 Å². The highest BCUT2D eigenvalue weighted by Crippen LogP contribution is 2.23. The van der Waals surface area contributed by atoms with Gasteiger partial charge in [-0.25, -0.2) is 4.39 Å². The Labute approximate surface area is 118 Å². The molecule has 3 N–H and O–H groups in total. The second-order valence-corrected chi connectivity index (χ2v) is 5.03. The number of halogens is 2. The molecule has 0 fully saturated rings. The number of nitrogens with one attached hydrogen (secondary N) is 1. The van der Waals surface area contributed by atoms with Crippen LogP contribution in [0.25, 0.3) is 0 Å². The summed E-state index contributed by atoms with van der Waals surface area (Å²) in [6.45, 7) is 1.96. The van der Waals surface area contributed by atoms with Gasteiger partial charge in [0.05, 0.1) is 11.3 Å². The van der Waals surface area contributed by atoms with E-state index in [9.17, 15) is 9.18 Å². The Bertz CT molecular complexity index is 626. The van der Waals surface area contributed by atoms with Gasteiger partial charge in [0.25, 0.3) is 5.91 Å². The van der Waals surface area contributed by atoms with Crippen molar-refractivity contribution in [3.8, 4) is 0 Å². The highest BCUT2D eigenvalue weighted by Gasteiger charge is 2.13. The molecular formula is C14H12BrFN2O. The zero-order valence-electron chi connectivity index (χ0n) is 10.2. The van der Waals surface area contributed by atoms with Crippen LogP contribution in [0, 0.1) is 12.7 Å². The quantitative estimate of drug-likeness (QED) is 0.828. The molecule has 0 aliphatic rings. The molecule has 0 aromatic heterocycles. The van der Waals surface area contributed by atoms with Gasteiger partial charge in [0.1, 0.15) is 5.82 Å². The van der Waals surface area contributed by atoms with Gasteiger partial charge >= 0.3 is 0 Å². The van der Waals surface area contributed by atoms with Gasteiger partial charge < -0.3 is 11.1 Å². The van der Waals surface area contributed by atoms with E-state index in [-0.39, 0.29) is 11.6 Å². The van der Waals surface area contributed by atoms with Gasteiger partial charge in [-0.3, -0.25) is 4.79 Å². The largest absolute Gasteiger partial charge is 0.396 e. The molecule has 0 spiro atoms. The molecule has 19 heavy (non-hydrogen) atoms. The van der Waals surface area contributed by atoms with Crippen molar-refractivity contribution in [1.29, 1.82) is 0 Å². The maximum atomic E-state index is 13.2. The Morgan fingerprint density at radius 2 is 1.89 bits per heavy atom. The zero-order valence-corrected chi connectivity index (χ0v) is 11.8. The van der Waals surface area contributed by atoms with Crippen LogP contribution in [-0.2, 0) is 0 Å². The fourth-order valence-corrected chi connectivity index (χ4v) is 2.07. The number of hydrogen-bond acceptors (Lipinski definition) is 2. The summed E-state index contributed by atoms with van der Waals surface area (Å²) in [7, 11) is 0. The third kappa shape index (κ3) is 3.12. The summed E-state index contributed by atoms with van der Waals surface area (Å²) in [5.41, 5.74) is 7.47. The molecule has 0 aliphatic carbocycles. The Morgan fingerprint density at radius 1 is 1.26 bits per heavy atom. The number of nitrogens with two attached hydrogens (primary N) is 1. The Hall–Kier alpha value is -1.88. The average molecular weight is 323 g/mol. The smallest absolute Gasteiger partial charge is 0.256 e. The van der Waals surface area contributed by atoms with E-state index >= 15 is 0 Å². The molecule has 2 aromatic carbocycles. The minimum absolute atomic E-state index is 0.0581. The number of carbonyl (C=O) groups is 1. The number of hydrogen-bond donors (Lipinski definition) is 2. The van der Waals surface area contributed by atoms with E-state index < -0.39 is 5.82 Å². The second kappa shape index (κ2) is 5.40. The van der Waals surface area contributed by atoms with Gasteiger partial charge in [-0.2, -0.15) is 0 Å². The number of rotatable bonds is 2. The molecule has 5 heteroatoms. The van der Waals surface area contributed by atoms with Crippen LogP contribution >= 0.6 is 15.9 Å². The van der Waals surface area contributed by atoms with E-state index in [1.165, 1.54) is 12.1 Å². The second-order valence-electron chi connectivity index (χ2n) is 4.17. The molecule has 3 nitrogen and oxygen atoms in total. The number of anilines is 2. The van der Waals surface area contributed by atoms with Gasteiger partial charge in [0.15, 0.2) is 0 Å². The number of aryl methyl sites for hydroxylation is 1. The summed E-state index contributed by atoms with van der Waals surface area (Å²) in [6.07, 6.45) is 0. The Morgan fingerprint density at radius 3 is 2.53 bits per heavy atom. The molecule has 2 aromatic rings. The van der Waals surface area contributed by atoms with Crippen LogP contribution in [0.4, 0.5) is 15.8 Å². The van der Waals surface area contributed by atoms with E-state index in [0.29, 0.717) is 15.7 Å². The molecule has 0 heterocycles. The van der Waals surface area contributed by atoms with Gasteiger partial charge in [-0.1, -0.05) is 17.7 Å². The Kier molecular flexibility index (Phi) is 3.85. The monoisotopic (exact) mass is 322 g/mol. The first-order chi connectivity index (χ1) is 8.97. The molecule has 0 unspecified atom stereocenters. The summed E-state index contributed by atoms with van der Waals surface area (Å²) in [5.74, 6) is -0.902. The number of nitrogen functional groups attached to an aromatic ring is 1. The van der Waals surface area contributed by atoms with Crippen LogP contribution in [0.2, 0.25) is 0 Å². The maximum absolute atomic E-state index is 13.2. The molecule has 0 saturated carbocycles. The van der Waals surface area contributed by atoms with E-state index in [4.69, 9.17) is 5.73 Å². The summed E-state index contributed by atoms with van der Waals surface area (Å²) in [5, 5.41) is 2.73. The molecule has 2 rings (SSSR count). The first kappa shape index (κ1) is 13.5. The van der Waals surface area contributed by atoms with Crippen molar-refractivity contribution in [3.05, 3.63) is 57.8 Å². The zero-order chi connectivity index (χ0) is 14.0. The molecule has 0 saturated heterocycles. The highest BCUT2D eigenvalue weighted by molar-refractivity contribution is 9.10. The first-order valence-corrected chi connectivity index (χ1v) is 6.39. The lowest BCUT2D eigenvalue weighted by molar-refractivity contribution is 0.102. The first-order valence-electron chi connectivity index (χ1n) is 5.60. The predicted molar refractivity (Wildman–Crippen MR) is 77.6 cm³/mol. The van der Waals surface area contributed by atoms with Gasteiger partial charge in [0, 0.05) is 10.2 Å². The average Bonchev–Trinajstić information content (AvgIpc) is 2.36. The number of carbonyl (C=O) groups excluding carboxylic acids is 1. The predicted octanol–water partition coefficient (Wildman–Crippen LogP) is 3.73. The fourth-order valence-electron chi connectivity index (χ4n) is 1.58. The third-order valence-corrected chi connectivity index (χ3v) is 3.30. The van der Waals surface area contributed by atoms with Gasteiger partial charge in [-0.05, 0) is 47.1 Å². The van der Waals surface area contributed by atoms with Crippen LogP contribution in [-0.4, -0.2) is 5.91 Å². The van der Waals surface area contributed by atoms with E-state index in [0.717, 1.165) is 5.56 Å². The molecule has 0 radical (unpaired) electrons. The maximum Gasteiger partial charge on any atom is 0.256 e. The molecule has 1 amide bonds. The molecular weight excluding hydrogens is 311 g/mol. The molecule has 0 bridgehead atoms. The minimum atomic E-state index is -0.557. The molecule has 0 atom stereocenters. The normalized spacial score (nSPS) is 10.3. The van der Waals surface area contributed by atoms with Crippen molar-refractivity contribution in [2.75, 3.05) is 11.1 Å². The van der Waals surface area contributed by atoms with Crippen LogP contribution in [0.15, 0.2) is 40.9 Å². The summed E-state index contributed by atoms with van der Waals surface area (Å²) < 4.78 is 13.6.